The molecular weight excluding hydrogens is 444 g/mol. The number of alkyl carbamates (subject to hydrolysis) is 1. The van der Waals surface area contributed by atoms with Gasteiger partial charge in [-0.3, -0.25) is 0 Å². The lowest BCUT2D eigenvalue weighted by Gasteiger charge is -2.33. The van der Waals surface area contributed by atoms with Crippen molar-refractivity contribution in [3.05, 3.63) is 35.9 Å². The van der Waals surface area contributed by atoms with E-state index in [4.69, 9.17) is 15.6 Å². The van der Waals surface area contributed by atoms with Gasteiger partial charge in [0.15, 0.2) is 0 Å². The number of halogens is 5. The first-order valence-corrected chi connectivity index (χ1v) is 9.82. The molecular formula is C20H29ClF4N2O4. The van der Waals surface area contributed by atoms with Gasteiger partial charge in [-0.25, -0.2) is 22.4 Å². The molecule has 3 rings (SSSR count). The zero-order valence-corrected chi connectivity index (χ0v) is 17.7. The molecule has 31 heavy (non-hydrogen) atoms. The van der Waals surface area contributed by atoms with Gasteiger partial charge in [0.05, 0.1) is 18.2 Å². The molecule has 178 valence electrons. The molecule has 4 atom stereocenters. The molecule has 0 radical (unpaired) electrons. The fourth-order valence-corrected chi connectivity index (χ4v) is 3.34. The van der Waals surface area contributed by atoms with Gasteiger partial charge in [-0.1, -0.05) is 30.3 Å². The van der Waals surface area contributed by atoms with Crippen LogP contribution in [0.15, 0.2) is 30.3 Å². The minimum absolute atomic E-state index is 0. The Bertz CT molecular complexity index is 684. The topological polar surface area (TPSA) is 105 Å². The third-order valence-electron chi connectivity index (χ3n) is 5.14. The van der Waals surface area contributed by atoms with E-state index in [1.807, 2.05) is 18.2 Å². The number of alkyl halides is 4. The average molecular weight is 473 g/mol. The molecule has 2 aliphatic rings. The van der Waals surface area contributed by atoms with Crippen LogP contribution in [-0.4, -0.2) is 52.4 Å². The van der Waals surface area contributed by atoms with Gasteiger partial charge in [0.2, 0.25) is 11.8 Å². The summed E-state index contributed by atoms with van der Waals surface area (Å²) in [6, 6.07) is 7.31. The molecule has 11 heteroatoms. The molecule has 1 amide bonds. The van der Waals surface area contributed by atoms with E-state index in [0.717, 1.165) is 5.56 Å². The number of carbonyl (C=O) groups excluding carboxylic acids is 1. The van der Waals surface area contributed by atoms with Crippen LogP contribution in [0.3, 0.4) is 0 Å². The van der Waals surface area contributed by atoms with Gasteiger partial charge in [0.25, 0.3) is 0 Å². The van der Waals surface area contributed by atoms with Crippen LogP contribution < -0.4 is 11.1 Å². The Morgan fingerprint density at radius 1 is 1.03 bits per heavy atom. The molecule has 5 N–H and O–H groups in total. The van der Waals surface area contributed by atoms with E-state index in [1.165, 1.54) is 0 Å². The molecule has 2 fully saturated rings. The number of rotatable bonds is 3. The van der Waals surface area contributed by atoms with E-state index in [1.54, 1.807) is 12.1 Å². The molecule has 0 aromatic heterocycles. The van der Waals surface area contributed by atoms with E-state index in [-0.39, 0.29) is 51.1 Å². The summed E-state index contributed by atoms with van der Waals surface area (Å²) in [4.78, 5) is 11.6. The Balaban J connectivity index is 0.000000370. The van der Waals surface area contributed by atoms with E-state index in [2.05, 4.69) is 5.32 Å². The van der Waals surface area contributed by atoms with E-state index in [9.17, 15) is 27.5 Å². The fraction of sp³-hybridized carbons (Fsp3) is 0.650. The zero-order chi connectivity index (χ0) is 22.4. The lowest BCUT2D eigenvalue weighted by molar-refractivity contribution is -0.0777. The Hall–Kier alpha value is -1.62. The Kier molecular flexibility index (Phi) is 10.5. The first kappa shape index (κ1) is 27.4. The number of aliphatic hydroxyl groups is 2. The predicted molar refractivity (Wildman–Crippen MR) is 108 cm³/mol. The summed E-state index contributed by atoms with van der Waals surface area (Å²) in [5.41, 5.74) is 6.03. The molecule has 0 bridgehead atoms. The van der Waals surface area contributed by atoms with Crippen LogP contribution in [0.4, 0.5) is 22.4 Å². The average Bonchev–Trinajstić information content (AvgIpc) is 2.67. The first-order valence-electron chi connectivity index (χ1n) is 9.82. The largest absolute Gasteiger partial charge is 0.445 e. The number of nitrogens with two attached hydrogens (primary N) is 1. The molecule has 2 saturated carbocycles. The normalized spacial score (nSPS) is 28.9. The second-order valence-corrected chi connectivity index (χ2v) is 7.81. The third-order valence-corrected chi connectivity index (χ3v) is 5.14. The van der Waals surface area contributed by atoms with Crippen LogP contribution in [0, 0.1) is 0 Å². The highest BCUT2D eigenvalue weighted by Gasteiger charge is 2.41. The van der Waals surface area contributed by atoms with Crippen molar-refractivity contribution in [2.24, 2.45) is 5.73 Å². The molecule has 0 saturated heterocycles. The quantitative estimate of drug-likeness (QED) is 0.505. The van der Waals surface area contributed by atoms with Crippen molar-refractivity contribution < 1.29 is 37.3 Å². The maximum atomic E-state index is 13.2. The van der Waals surface area contributed by atoms with Gasteiger partial charge in [-0.05, 0) is 18.4 Å². The standard InChI is InChI=1S/C14H17F2NO3.C6H11F2NO.ClH/c15-14(16)7-6-12(18)11(8-14)17-13(19)20-9-10-4-2-1-3-5-10;7-6(8)2-1-5(10)4(9)3-6;/h1-5,11-12,18H,6-9H2,(H,17,19);4-5,10H,1-3,9H2;1H/t11-,12-;4-,5-;/m00./s1. The van der Waals surface area contributed by atoms with Crippen molar-refractivity contribution in [1.29, 1.82) is 0 Å². The highest BCUT2D eigenvalue weighted by molar-refractivity contribution is 5.85. The number of ether oxygens (including phenoxy) is 1. The number of hydrogen-bond donors (Lipinski definition) is 4. The van der Waals surface area contributed by atoms with Crippen LogP contribution in [0.25, 0.3) is 0 Å². The summed E-state index contributed by atoms with van der Waals surface area (Å²) >= 11 is 0. The number of carbonyl (C=O) groups is 1. The van der Waals surface area contributed by atoms with Gasteiger partial charge >= 0.3 is 6.09 Å². The van der Waals surface area contributed by atoms with Crippen molar-refractivity contribution >= 4 is 18.5 Å². The molecule has 1 aromatic carbocycles. The lowest BCUT2D eigenvalue weighted by Crippen LogP contribution is -2.50. The summed E-state index contributed by atoms with van der Waals surface area (Å²) in [6.07, 6.45) is -3.94. The minimum atomic E-state index is -2.85. The van der Waals surface area contributed by atoms with E-state index < -0.39 is 48.7 Å². The smallest absolute Gasteiger partial charge is 0.407 e. The van der Waals surface area contributed by atoms with Crippen LogP contribution in [0.1, 0.15) is 44.1 Å². The summed E-state index contributed by atoms with van der Waals surface area (Å²) in [6.45, 7) is 0.0614. The SMILES string of the molecule is Cl.N[C@H]1CC(F)(F)CC[C@@H]1O.O=C(N[C@H]1CC(F)(F)CC[C@@H]1O)OCc1ccccc1. The second-order valence-electron chi connectivity index (χ2n) is 7.81. The summed E-state index contributed by atoms with van der Waals surface area (Å²) in [5.74, 6) is -5.50. The van der Waals surface area contributed by atoms with Crippen molar-refractivity contribution in [3.8, 4) is 0 Å². The molecule has 0 heterocycles. The Labute approximate surface area is 184 Å². The minimum Gasteiger partial charge on any atom is -0.445 e. The number of aliphatic hydroxyl groups excluding tert-OH is 2. The molecule has 0 spiro atoms. The van der Waals surface area contributed by atoms with Gasteiger partial charge < -0.3 is 26.0 Å². The molecule has 2 aliphatic carbocycles. The molecule has 0 unspecified atom stereocenters. The summed E-state index contributed by atoms with van der Waals surface area (Å²) < 4.78 is 56.3. The van der Waals surface area contributed by atoms with Gasteiger partial charge in [-0.15, -0.1) is 12.4 Å². The predicted octanol–water partition coefficient (Wildman–Crippen LogP) is 3.38. The number of benzene rings is 1. The first-order chi connectivity index (χ1) is 14.0. The maximum absolute atomic E-state index is 13.2. The Morgan fingerprint density at radius 3 is 2.13 bits per heavy atom. The highest BCUT2D eigenvalue weighted by atomic mass is 35.5. The number of amides is 1. The second kappa shape index (κ2) is 11.8. The Morgan fingerprint density at radius 2 is 1.58 bits per heavy atom. The monoisotopic (exact) mass is 472 g/mol. The molecule has 6 nitrogen and oxygen atoms in total. The maximum Gasteiger partial charge on any atom is 0.407 e. The van der Waals surface area contributed by atoms with Crippen molar-refractivity contribution in [2.75, 3.05) is 0 Å². The van der Waals surface area contributed by atoms with Crippen LogP contribution >= 0.6 is 12.4 Å². The van der Waals surface area contributed by atoms with Crippen molar-refractivity contribution in [1.82, 2.24) is 5.32 Å². The summed E-state index contributed by atoms with van der Waals surface area (Å²) in [5, 5.41) is 20.9. The van der Waals surface area contributed by atoms with Crippen molar-refractivity contribution in [3.63, 3.8) is 0 Å². The number of nitrogens with one attached hydrogen (secondary N) is 1. The van der Waals surface area contributed by atoms with Crippen LogP contribution in [-0.2, 0) is 11.3 Å². The molecule has 1 aromatic rings. The van der Waals surface area contributed by atoms with Gasteiger partial charge in [0.1, 0.15) is 6.61 Å². The van der Waals surface area contributed by atoms with Crippen LogP contribution in [0.5, 0.6) is 0 Å². The highest BCUT2D eigenvalue weighted by Crippen LogP contribution is 2.33. The van der Waals surface area contributed by atoms with Gasteiger partial charge in [0, 0.05) is 31.7 Å². The van der Waals surface area contributed by atoms with E-state index in [0.29, 0.717) is 0 Å². The summed E-state index contributed by atoms with van der Waals surface area (Å²) in [7, 11) is 0. The van der Waals surface area contributed by atoms with Crippen LogP contribution in [0.2, 0.25) is 0 Å². The van der Waals surface area contributed by atoms with Crippen molar-refractivity contribution in [2.45, 2.75) is 81.3 Å². The zero-order valence-electron chi connectivity index (χ0n) is 16.9. The van der Waals surface area contributed by atoms with Gasteiger partial charge in [-0.2, -0.15) is 0 Å². The molecule has 0 aliphatic heterocycles. The lowest BCUT2D eigenvalue weighted by atomic mass is 9.89. The third kappa shape index (κ3) is 9.59. The fourth-order valence-electron chi connectivity index (χ4n) is 3.34. The van der Waals surface area contributed by atoms with E-state index >= 15 is 0 Å². The number of hydrogen-bond acceptors (Lipinski definition) is 5.